The first-order valence-corrected chi connectivity index (χ1v) is 9.74. The Morgan fingerprint density at radius 3 is 2.32 bits per heavy atom. The van der Waals surface area contributed by atoms with Crippen molar-refractivity contribution < 1.29 is 13.2 Å². The molecule has 2 heterocycles. The van der Waals surface area contributed by atoms with E-state index in [2.05, 4.69) is 15.1 Å². The van der Waals surface area contributed by atoms with Crippen molar-refractivity contribution in [3.8, 4) is 22.6 Å². The van der Waals surface area contributed by atoms with Gasteiger partial charge in [0.05, 0.1) is 27.3 Å². The van der Waals surface area contributed by atoms with Crippen LogP contribution in [0.5, 0.6) is 0 Å². The number of fused-ring (bicyclic) bond motifs is 1. The van der Waals surface area contributed by atoms with Gasteiger partial charge in [0.1, 0.15) is 5.69 Å². The number of halogens is 4. The van der Waals surface area contributed by atoms with E-state index in [1.807, 2.05) is 20.8 Å². The van der Waals surface area contributed by atoms with Crippen molar-refractivity contribution in [2.24, 2.45) is 7.05 Å². The molecule has 0 aliphatic carbocycles. The van der Waals surface area contributed by atoms with Gasteiger partial charge in [0.15, 0.2) is 5.82 Å². The summed E-state index contributed by atoms with van der Waals surface area (Å²) in [5.41, 5.74) is 2.28. The number of aromatic nitrogens is 4. The van der Waals surface area contributed by atoms with E-state index in [9.17, 15) is 13.2 Å². The molecule has 2 aromatic carbocycles. The summed E-state index contributed by atoms with van der Waals surface area (Å²) >= 11 is 6.61. The zero-order valence-corrected chi connectivity index (χ0v) is 17.7. The van der Waals surface area contributed by atoms with Gasteiger partial charge < -0.3 is 4.98 Å². The van der Waals surface area contributed by atoms with E-state index in [0.29, 0.717) is 33.1 Å². The van der Waals surface area contributed by atoms with Crippen LogP contribution in [0.1, 0.15) is 32.0 Å². The van der Waals surface area contributed by atoms with Crippen LogP contribution in [0.25, 0.3) is 33.7 Å². The molecule has 0 spiro atoms. The third kappa shape index (κ3) is 4.42. The molecule has 0 aliphatic rings. The van der Waals surface area contributed by atoms with E-state index in [4.69, 9.17) is 11.6 Å². The summed E-state index contributed by atoms with van der Waals surface area (Å²) in [6, 6.07) is 10.5. The molecule has 2 aromatic heterocycles. The van der Waals surface area contributed by atoms with Gasteiger partial charge in [0.2, 0.25) is 0 Å². The molecule has 158 valence electrons. The summed E-state index contributed by atoms with van der Waals surface area (Å²) in [5, 5.41) is 5.04. The topological polar surface area (TPSA) is 46.5 Å². The standard InChI is InChI=1S/C22H20ClF3N4.Na.H/c1-21(2,3)19-17(23)18(30(4)29-19)20-27-15-10-9-12(11-16(15)28-20)13-7-5-6-8-14(13)22(24,25)26;;/h5-11H,1-4H3,(H,27,28);;. The second-order valence-corrected chi connectivity index (χ2v) is 8.62. The number of H-pyrrole nitrogens is 1. The number of benzene rings is 2. The predicted octanol–water partition coefficient (Wildman–Crippen LogP) is 5.95. The maximum atomic E-state index is 13.4. The fraction of sp³-hybridized carbons (Fsp3) is 0.273. The van der Waals surface area contributed by atoms with Crippen LogP contribution in [0.15, 0.2) is 42.5 Å². The molecule has 4 nitrogen and oxygen atoms in total. The fourth-order valence-corrected chi connectivity index (χ4v) is 4.04. The molecule has 0 saturated carbocycles. The Hall–Kier alpha value is -1.80. The van der Waals surface area contributed by atoms with Crippen molar-refractivity contribution in [3.63, 3.8) is 0 Å². The summed E-state index contributed by atoms with van der Waals surface area (Å²) in [6.45, 7) is 6.07. The zero-order valence-electron chi connectivity index (χ0n) is 16.9. The van der Waals surface area contributed by atoms with Crippen molar-refractivity contribution in [3.05, 3.63) is 58.7 Å². The maximum absolute atomic E-state index is 13.4. The molecule has 4 rings (SSSR count). The number of aryl methyl sites for hydroxylation is 1. The molecule has 0 bridgehead atoms. The first-order valence-electron chi connectivity index (χ1n) is 9.36. The van der Waals surface area contributed by atoms with Gasteiger partial charge in [0.25, 0.3) is 0 Å². The van der Waals surface area contributed by atoms with Gasteiger partial charge in [-0.05, 0) is 29.3 Å². The van der Waals surface area contributed by atoms with Crippen LogP contribution in [0, 0.1) is 0 Å². The molecule has 1 N–H and O–H groups in total. The minimum atomic E-state index is -4.44. The Kier molecular flexibility index (Phi) is 6.37. The van der Waals surface area contributed by atoms with Crippen molar-refractivity contribution in [2.75, 3.05) is 0 Å². The van der Waals surface area contributed by atoms with E-state index in [-0.39, 0.29) is 40.5 Å². The second-order valence-electron chi connectivity index (χ2n) is 8.25. The average Bonchev–Trinajstić information content (AvgIpc) is 3.20. The van der Waals surface area contributed by atoms with Crippen LogP contribution < -0.4 is 0 Å². The summed E-state index contributed by atoms with van der Waals surface area (Å²) in [4.78, 5) is 7.80. The molecule has 0 amide bonds. The van der Waals surface area contributed by atoms with E-state index < -0.39 is 11.7 Å². The molecule has 0 fully saturated rings. The van der Waals surface area contributed by atoms with Gasteiger partial charge in [-0.1, -0.05) is 56.6 Å². The van der Waals surface area contributed by atoms with Crippen LogP contribution in [0.4, 0.5) is 13.2 Å². The number of hydrogen-bond donors (Lipinski definition) is 1. The van der Waals surface area contributed by atoms with E-state index >= 15 is 0 Å². The van der Waals surface area contributed by atoms with Crippen molar-refractivity contribution in [1.29, 1.82) is 0 Å². The summed E-state index contributed by atoms with van der Waals surface area (Å²) in [7, 11) is 1.79. The molecule has 0 atom stereocenters. The Morgan fingerprint density at radius 2 is 1.71 bits per heavy atom. The Balaban J connectivity index is 0.00000272. The van der Waals surface area contributed by atoms with Gasteiger partial charge in [-0.3, -0.25) is 4.68 Å². The number of nitrogens with zero attached hydrogens (tertiary/aromatic N) is 3. The first-order chi connectivity index (χ1) is 14.0. The third-order valence-electron chi connectivity index (χ3n) is 4.95. The van der Waals surface area contributed by atoms with E-state index in [1.54, 1.807) is 36.0 Å². The van der Waals surface area contributed by atoms with Crippen molar-refractivity contribution in [1.82, 2.24) is 19.7 Å². The third-order valence-corrected chi connectivity index (χ3v) is 5.31. The number of imidazole rings is 1. The molecule has 0 aliphatic heterocycles. The van der Waals surface area contributed by atoms with Gasteiger partial charge in [-0.15, -0.1) is 0 Å². The van der Waals surface area contributed by atoms with Crippen LogP contribution >= 0.6 is 11.6 Å². The van der Waals surface area contributed by atoms with Gasteiger partial charge in [-0.25, -0.2) is 4.98 Å². The van der Waals surface area contributed by atoms with Crippen molar-refractivity contribution in [2.45, 2.75) is 32.4 Å². The van der Waals surface area contributed by atoms with Gasteiger partial charge >= 0.3 is 35.7 Å². The monoisotopic (exact) mass is 456 g/mol. The van der Waals surface area contributed by atoms with Gasteiger partial charge in [0, 0.05) is 12.5 Å². The Bertz CT molecular complexity index is 1250. The predicted molar refractivity (Wildman–Crippen MR) is 120 cm³/mol. The summed E-state index contributed by atoms with van der Waals surface area (Å²) < 4.78 is 41.9. The molecule has 4 aromatic rings. The Morgan fingerprint density at radius 1 is 1.03 bits per heavy atom. The summed E-state index contributed by atoms with van der Waals surface area (Å²) in [5.74, 6) is 0.516. The first kappa shape index (κ1) is 23.9. The number of aromatic amines is 1. The molecular weight excluding hydrogens is 436 g/mol. The second kappa shape index (κ2) is 8.28. The normalized spacial score (nSPS) is 12.3. The number of nitrogens with one attached hydrogen (secondary N) is 1. The molecule has 0 unspecified atom stereocenters. The fourth-order valence-electron chi connectivity index (χ4n) is 3.50. The SMILES string of the molecule is Cn1nc(C(C)(C)C)c(Cl)c1-c1nc2cc(-c3ccccc3C(F)(F)F)ccc2[nH]1.[NaH]. The molecule has 9 heteroatoms. The van der Waals surface area contributed by atoms with Crippen LogP contribution in [-0.4, -0.2) is 49.3 Å². The average molecular weight is 457 g/mol. The van der Waals surface area contributed by atoms with E-state index in [0.717, 1.165) is 11.8 Å². The van der Waals surface area contributed by atoms with Crippen LogP contribution in [-0.2, 0) is 18.6 Å². The number of hydrogen-bond acceptors (Lipinski definition) is 2. The number of alkyl halides is 3. The van der Waals surface area contributed by atoms with E-state index in [1.165, 1.54) is 12.1 Å². The zero-order chi connectivity index (χ0) is 21.8. The molecule has 0 radical (unpaired) electrons. The van der Waals surface area contributed by atoms with Crippen molar-refractivity contribution >= 4 is 52.2 Å². The molecular formula is C22H21ClF3N4Na. The quantitative estimate of drug-likeness (QED) is 0.379. The number of rotatable bonds is 2. The summed E-state index contributed by atoms with van der Waals surface area (Å²) in [6.07, 6.45) is -4.44. The Labute approximate surface area is 205 Å². The van der Waals surface area contributed by atoms with Crippen LogP contribution in [0.3, 0.4) is 0 Å². The minimum absolute atomic E-state index is 0. The van der Waals surface area contributed by atoms with Gasteiger partial charge in [-0.2, -0.15) is 18.3 Å². The molecule has 0 saturated heterocycles. The molecule has 31 heavy (non-hydrogen) atoms. The van der Waals surface area contributed by atoms with Crippen LogP contribution in [0.2, 0.25) is 5.02 Å².